The topological polar surface area (TPSA) is 64.4 Å². The van der Waals surface area contributed by atoms with Gasteiger partial charge in [-0.25, -0.2) is 13.4 Å². The van der Waals surface area contributed by atoms with Crippen LogP contribution in [-0.2, 0) is 27.7 Å². The predicted molar refractivity (Wildman–Crippen MR) is 109 cm³/mol. The van der Waals surface area contributed by atoms with E-state index in [1.807, 2.05) is 4.57 Å². The minimum absolute atomic E-state index is 0.187. The molecule has 0 aliphatic carbocycles. The molecule has 0 N–H and O–H groups in total. The van der Waals surface area contributed by atoms with E-state index in [0.717, 1.165) is 64.0 Å². The third-order valence-electron chi connectivity index (χ3n) is 5.36. The van der Waals surface area contributed by atoms with Crippen molar-refractivity contribution in [2.45, 2.75) is 83.6 Å². The maximum atomic E-state index is 12.9. The first-order valence-electron chi connectivity index (χ1n) is 10.4. The van der Waals surface area contributed by atoms with Gasteiger partial charge in [0.2, 0.25) is 15.0 Å². The maximum Gasteiger partial charge on any atom is 0.227 e. The lowest BCUT2D eigenvalue weighted by Gasteiger charge is -2.31. The van der Waals surface area contributed by atoms with Crippen LogP contribution in [0.25, 0.3) is 0 Å². The summed E-state index contributed by atoms with van der Waals surface area (Å²) in [5, 5.41) is 0.265. The van der Waals surface area contributed by atoms with Crippen molar-refractivity contribution in [2.24, 2.45) is 5.92 Å². The lowest BCUT2D eigenvalue weighted by Crippen LogP contribution is -2.36. The molecule has 0 bridgehead atoms. The second kappa shape index (κ2) is 10.6. The Hall–Kier alpha value is -0.920. The predicted octanol–water partition coefficient (Wildman–Crippen LogP) is 3.50. The van der Waals surface area contributed by atoms with Gasteiger partial charge in [-0.05, 0) is 38.0 Å². The van der Waals surface area contributed by atoms with Crippen molar-refractivity contribution < 1.29 is 13.2 Å². The van der Waals surface area contributed by atoms with Crippen LogP contribution in [0.2, 0.25) is 0 Å². The monoisotopic (exact) mass is 399 g/mol. The summed E-state index contributed by atoms with van der Waals surface area (Å²) in [5.74, 6) is 0.707. The molecular formula is C20H37N3O3S. The van der Waals surface area contributed by atoms with Crippen LogP contribution in [0.1, 0.15) is 65.0 Å². The molecule has 6 nitrogen and oxygen atoms in total. The van der Waals surface area contributed by atoms with Gasteiger partial charge in [0.05, 0.1) is 23.7 Å². The standard InChI is InChI=1S/C20H37N3O3S/c1-5-6-11-23-18(16-22-12-9-19(26-4)10-13-22)15-21-20(23)27(24,25)14-7-8-17(2)3/h15,17,19H,5-14,16H2,1-4H3. The number of methoxy groups -OCH3 is 1. The molecule has 1 aromatic rings. The van der Waals surface area contributed by atoms with Crippen LogP contribution in [0.4, 0.5) is 0 Å². The van der Waals surface area contributed by atoms with Crippen LogP contribution in [0.5, 0.6) is 0 Å². The zero-order valence-electron chi connectivity index (χ0n) is 17.5. The lowest BCUT2D eigenvalue weighted by atomic mass is 10.1. The fourth-order valence-electron chi connectivity index (χ4n) is 3.63. The molecular weight excluding hydrogens is 362 g/mol. The van der Waals surface area contributed by atoms with Crippen molar-refractivity contribution in [1.82, 2.24) is 14.5 Å². The molecule has 0 amide bonds. The van der Waals surface area contributed by atoms with Crippen molar-refractivity contribution in [3.8, 4) is 0 Å². The van der Waals surface area contributed by atoms with E-state index in [2.05, 4.69) is 30.7 Å². The molecule has 1 aromatic heterocycles. The molecule has 1 aliphatic heterocycles. The van der Waals surface area contributed by atoms with Gasteiger partial charge in [0.1, 0.15) is 0 Å². The van der Waals surface area contributed by atoms with Crippen LogP contribution < -0.4 is 0 Å². The first kappa shape index (κ1) is 22.4. The Bertz CT molecular complexity index is 662. The summed E-state index contributed by atoms with van der Waals surface area (Å²) in [6, 6.07) is 0. The molecule has 0 spiro atoms. The van der Waals surface area contributed by atoms with Gasteiger partial charge < -0.3 is 9.30 Å². The third-order valence-corrected chi connectivity index (χ3v) is 7.07. The van der Waals surface area contributed by atoms with Gasteiger partial charge in [0.25, 0.3) is 0 Å². The maximum absolute atomic E-state index is 12.9. The second-order valence-corrected chi connectivity index (χ2v) is 10.1. The number of unbranched alkanes of at least 4 members (excludes halogenated alkanes) is 1. The van der Waals surface area contributed by atoms with E-state index in [1.165, 1.54) is 0 Å². The molecule has 1 saturated heterocycles. The van der Waals surface area contributed by atoms with Crippen molar-refractivity contribution >= 4 is 9.84 Å². The Balaban J connectivity index is 2.11. The van der Waals surface area contributed by atoms with Gasteiger partial charge >= 0.3 is 0 Å². The van der Waals surface area contributed by atoms with Crippen molar-refractivity contribution in [2.75, 3.05) is 26.0 Å². The summed E-state index contributed by atoms with van der Waals surface area (Å²) in [6.45, 7) is 9.82. The number of imidazole rings is 1. The quantitative estimate of drug-likeness (QED) is 0.570. The Morgan fingerprint density at radius 3 is 2.56 bits per heavy atom. The molecule has 0 unspecified atom stereocenters. The Morgan fingerprint density at radius 2 is 1.96 bits per heavy atom. The van der Waals surface area contributed by atoms with Gasteiger partial charge in [-0.1, -0.05) is 27.2 Å². The summed E-state index contributed by atoms with van der Waals surface area (Å²) in [6.07, 6.45) is 7.79. The van der Waals surface area contributed by atoms with Crippen LogP contribution in [0, 0.1) is 5.92 Å². The van der Waals surface area contributed by atoms with Crippen LogP contribution in [0.3, 0.4) is 0 Å². The first-order valence-corrected chi connectivity index (χ1v) is 12.0. The number of sulfone groups is 1. The Morgan fingerprint density at radius 1 is 1.26 bits per heavy atom. The van der Waals surface area contributed by atoms with E-state index in [1.54, 1.807) is 13.3 Å². The second-order valence-electron chi connectivity index (χ2n) is 8.10. The number of likely N-dealkylation sites (tertiary alicyclic amines) is 1. The number of rotatable bonds is 11. The molecule has 27 heavy (non-hydrogen) atoms. The highest BCUT2D eigenvalue weighted by Gasteiger charge is 2.25. The van der Waals surface area contributed by atoms with Crippen molar-refractivity contribution in [1.29, 1.82) is 0 Å². The Kier molecular flexibility index (Phi) is 8.76. The van der Waals surface area contributed by atoms with Crippen LogP contribution >= 0.6 is 0 Å². The molecule has 1 aliphatic rings. The van der Waals surface area contributed by atoms with Gasteiger partial charge in [0, 0.05) is 33.3 Å². The van der Waals surface area contributed by atoms with E-state index in [0.29, 0.717) is 18.4 Å². The number of piperidine rings is 1. The van der Waals surface area contributed by atoms with E-state index in [4.69, 9.17) is 4.74 Å². The zero-order chi connectivity index (χ0) is 19.9. The van der Waals surface area contributed by atoms with Gasteiger partial charge in [-0.3, -0.25) is 4.90 Å². The summed E-state index contributed by atoms with van der Waals surface area (Å²) >= 11 is 0. The average Bonchev–Trinajstić information content (AvgIpc) is 3.03. The first-order chi connectivity index (χ1) is 12.9. The highest BCUT2D eigenvalue weighted by molar-refractivity contribution is 7.91. The molecule has 156 valence electrons. The number of ether oxygens (including phenoxy) is 1. The Labute approximate surface area is 165 Å². The molecule has 7 heteroatoms. The molecule has 0 saturated carbocycles. The van der Waals surface area contributed by atoms with Crippen molar-refractivity contribution in [3.63, 3.8) is 0 Å². The highest BCUT2D eigenvalue weighted by Crippen LogP contribution is 2.20. The number of nitrogens with zero attached hydrogens (tertiary/aromatic N) is 3. The minimum atomic E-state index is -3.34. The molecule has 0 atom stereocenters. The normalized spacial score (nSPS) is 17.1. The van der Waals surface area contributed by atoms with E-state index < -0.39 is 9.84 Å². The van der Waals surface area contributed by atoms with Gasteiger partial charge in [-0.15, -0.1) is 0 Å². The zero-order valence-corrected chi connectivity index (χ0v) is 18.3. The van der Waals surface area contributed by atoms with Crippen LogP contribution in [0.15, 0.2) is 11.4 Å². The lowest BCUT2D eigenvalue weighted by molar-refractivity contribution is 0.0381. The molecule has 2 rings (SSSR count). The average molecular weight is 400 g/mol. The van der Waals surface area contributed by atoms with E-state index >= 15 is 0 Å². The molecule has 2 heterocycles. The summed E-state index contributed by atoms with van der Waals surface area (Å²) < 4.78 is 33.1. The molecule has 0 radical (unpaired) electrons. The SMILES string of the molecule is CCCCn1c(CN2CCC(OC)CC2)cnc1S(=O)(=O)CCCC(C)C. The van der Waals surface area contributed by atoms with E-state index in [9.17, 15) is 8.42 Å². The fraction of sp³-hybridized carbons (Fsp3) is 0.850. The van der Waals surface area contributed by atoms with Crippen LogP contribution in [-0.4, -0.2) is 54.9 Å². The number of aromatic nitrogens is 2. The largest absolute Gasteiger partial charge is 0.381 e. The minimum Gasteiger partial charge on any atom is -0.381 e. The smallest absolute Gasteiger partial charge is 0.227 e. The van der Waals surface area contributed by atoms with Gasteiger partial charge in [-0.2, -0.15) is 0 Å². The molecule has 0 aromatic carbocycles. The fourth-order valence-corrected chi connectivity index (χ4v) is 5.11. The van der Waals surface area contributed by atoms with Crippen molar-refractivity contribution in [3.05, 3.63) is 11.9 Å². The van der Waals surface area contributed by atoms with Gasteiger partial charge in [0.15, 0.2) is 0 Å². The third kappa shape index (κ3) is 6.57. The number of hydrogen-bond acceptors (Lipinski definition) is 5. The summed E-state index contributed by atoms with van der Waals surface area (Å²) in [7, 11) is -1.56. The highest BCUT2D eigenvalue weighted by atomic mass is 32.2. The summed E-state index contributed by atoms with van der Waals surface area (Å²) in [5.41, 5.74) is 1.02. The number of hydrogen-bond donors (Lipinski definition) is 0. The van der Waals surface area contributed by atoms with E-state index in [-0.39, 0.29) is 10.9 Å². The molecule has 1 fully saturated rings. The summed E-state index contributed by atoms with van der Waals surface area (Å²) in [4.78, 5) is 6.74.